The fourth-order valence-electron chi connectivity index (χ4n) is 6.17. The van der Waals surface area contributed by atoms with Crippen molar-refractivity contribution in [3.8, 4) is 0 Å². The summed E-state index contributed by atoms with van der Waals surface area (Å²) in [6.45, 7) is 5.40. The Labute approximate surface area is 293 Å². The van der Waals surface area contributed by atoms with Crippen molar-refractivity contribution < 1.29 is 23.9 Å². The molecule has 0 aliphatic carbocycles. The predicted molar refractivity (Wildman–Crippen MR) is 195 cm³/mol. The molecule has 49 heavy (non-hydrogen) atoms. The minimum Gasteiger partial charge on any atom is -0.443 e. The second-order valence-corrected chi connectivity index (χ2v) is 15.6. The molecule has 6 rings (SSSR count). The Morgan fingerprint density at radius 3 is 1.71 bits per heavy atom. The van der Waals surface area contributed by atoms with Crippen molar-refractivity contribution in [1.82, 2.24) is 14.4 Å². The smallest absolute Gasteiger partial charge is 0.419 e. The van der Waals surface area contributed by atoms with E-state index in [0.29, 0.717) is 11.1 Å². The quantitative estimate of drug-likeness (QED) is 0.0721. The number of amides is 3. The van der Waals surface area contributed by atoms with E-state index in [4.69, 9.17) is 4.74 Å². The molecule has 1 aromatic heterocycles. The Balaban J connectivity index is 1.54. The zero-order chi connectivity index (χ0) is 35.0. The zero-order valence-electron chi connectivity index (χ0n) is 28.0. The number of aromatic nitrogens is 1. The van der Waals surface area contributed by atoms with E-state index in [1.807, 2.05) is 78.9 Å². The Morgan fingerprint density at radius 1 is 0.714 bits per heavy atom. The van der Waals surface area contributed by atoms with E-state index in [2.05, 4.69) is 36.4 Å². The second-order valence-electron chi connectivity index (χ2n) is 13.0. The van der Waals surface area contributed by atoms with Gasteiger partial charge in [0.2, 0.25) is 0 Å². The van der Waals surface area contributed by atoms with Crippen LogP contribution in [-0.2, 0) is 30.3 Å². The summed E-state index contributed by atoms with van der Waals surface area (Å²) < 4.78 is 6.32. The van der Waals surface area contributed by atoms with Crippen molar-refractivity contribution in [3.63, 3.8) is 0 Å². The van der Waals surface area contributed by atoms with Crippen LogP contribution in [0.2, 0.25) is 0 Å². The van der Waals surface area contributed by atoms with Crippen LogP contribution in [0.25, 0.3) is 10.9 Å². The third-order valence-corrected chi connectivity index (χ3v) is 12.4. The largest absolute Gasteiger partial charge is 0.443 e. The van der Waals surface area contributed by atoms with E-state index < -0.39 is 39.0 Å². The number of piperazine rings is 1. The van der Waals surface area contributed by atoms with Crippen molar-refractivity contribution in [1.29, 1.82) is 0 Å². The molecule has 1 atom stereocenters. The maximum absolute atomic E-state index is 14.6. The Hall–Kier alpha value is -4.80. The van der Waals surface area contributed by atoms with Gasteiger partial charge in [0.1, 0.15) is 10.3 Å². The van der Waals surface area contributed by atoms with Gasteiger partial charge in [-0.2, -0.15) is 0 Å². The molecule has 4 aromatic carbocycles. The van der Waals surface area contributed by atoms with Crippen LogP contribution in [0.3, 0.4) is 0 Å². The highest BCUT2D eigenvalue weighted by molar-refractivity contribution is 8.77. The fraction of sp³-hybridized carbons (Fsp3) is 0.231. The maximum Gasteiger partial charge on any atom is 0.419 e. The van der Waals surface area contributed by atoms with Crippen LogP contribution in [-0.4, -0.2) is 62.7 Å². The van der Waals surface area contributed by atoms with Crippen LogP contribution in [0.4, 0.5) is 4.79 Å². The number of hydrogen-bond donors (Lipinski definition) is 0. The predicted octanol–water partition coefficient (Wildman–Crippen LogP) is 7.49. The number of para-hydroxylation sites is 1. The lowest BCUT2D eigenvalue weighted by molar-refractivity contribution is -0.166. The number of imide groups is 1. The first-order valence-electron chi connectivity index (χ1n) is 15.8. The first-order valence-corrected chi connectivity index (χ1v) is 18.0. The molecule has 1 aliphatic heterocycles. The molecule has 0 saturated carbocycles. The molecule has 250 valence electrons. The maximum atomic E-state index is 14.6. The van der Waals surface area contributed by atoms with E-state index in [-0.39, 0.29) is 6.42 Å². The number of fused-ring (bicyclic) bond motifs is 1. The molecule has 0 N–H and O–H groups in total. The number of benzene rings is 4. The van der Waals surface area contributed by atoms with E-state index in [1.165, 1.54) is 45.2 Å². The third-order valence-electron chi connectivity index (χ3n) is 8.63. The lowest BCUT2D eigenvalue weighted by atomic mass is 9.84. The van der Waals surface area contributed by atoms with Crippen LogP contribution >= 0.6 is 21.6 Å². The average molecular weight is 692 g/mol. The molecule has 5 aromatic rings. The van der Waals surface area contributed by atoms with Gasteiger partial charge in [0.15, 0.2) is 4.87 Å². The number of rotatable bonds is 8. The molecule has 3 amide bonds. The summed E-state index contributed by atoms with van der Waals surface area (Å²) in [4.78, 5) is 55.2. The van der Waals surface area contributed by atoms with Gasteiger partial charge in [-0.1, -0.05) is 131 Å². The monoisotopic (exact) mass is 691 g/mol. The number of nitrogens with zero attached hydrogens (tertiary/aromatic N) is 3. The number of ether oxygens (including phenoxy) is 1. The molecule has 0 radical (unpaired) electrons. The highest BCUT2D eigenvalue weighted by atomic mass is 33.1. The standard InChI is InChI=1S/C39H37N3O5S2/c1-37(2,3)47-36(46)42-26-27(31-23-15-16-24-32(31)42)25-38(35(45)40(4)33(43)34(44)41(38)5)48-49-39(28-17-9-6-10-18-28,29-19-11-7-12-20-29)30-21-13-8-14-22-30/h6-24,26H,25H2,1-5H3. The first-order chi connectivity index (χ1) is 23.4. The van der Waals surface area contributed by atoms with Gasteiger partial charge in [0.25, 0.3) is 5.91 Å². The minimum absolute atomic E-state index is 0.00806. The Kier molecular flexibility index (Phi) is 9.21. The average Bonchev–Trinajstić information content (AvgIpc) is 3.48. The van der Waals surface area contributed by atoms with Crippen molar-refractivity contribution in [2.75, 3.05) is 14.1 Å². The lowest BCUT2D eigenvalue weighted by Gasteiger charge is -2.46. The van der Waals surface area contributed by atoms with Gasteiger partial charge in [-0.15, -0.1) is 0 Å². The van der Waals surface area contributed by atoms with Crippen LogP contribution in [0.1, 0.15) is 43.0 Å². The molecule has 1 aliphatic rings. The molecule has 0 spiro atoms. The van der Waals surface area contributed by atoms with Gasteiger partial charge in [-0.25, -0.2) is 4.79 Å². The van der Waals surface area contributed by atoms with Crippen molar-refractivity contribution >= 4 is 56.3 Å². The zero-order valence-corrected chi connectivity index (χ0v) is 29.6. The van der Waals surface area contributed by atoms with E-state index >= 15 is 0 Å². The Bertz CT molecular complexity index is 1930. The van der Waals surface area contributed by atoms with Gasteiger partial charge < -0.3 is 9.64 Å². The normalized spacial score (nSPS) is 17.1. The minimum atomic E-state index is -1.59. The van der Waals surface area contributed by atoms with Gasteiger partial charge >= 0.3 is 17.9 Å². The number of hydrogen-bond acceptors (Lipinski definition) is 7. The van der Waals surface area contributed by atoms with Crippen LogP contribution < -0.4 is 0 Å². The highest BCUT2D eigenvalue weighted by Gasteiger charge is 2.56. The van der Waals surface area contributed by atoms with Gasteiger partial charge in [-0.3, -0.25) is 23.9 Å². The third kappa shape index (κ3) is 6.15. The number of carbonyl (C=O) groups is 4. The second kappa shape index (κ2) is 13.2. The molecular weight excluding hydrogens is 655 g/mol. The highest BCUT2D eigenvalue weighted by Crippen LogP contribution is 2.58. The van der Waals surface area contributed by atoms with Gasteiger partial charge in [0, 0.05) is 32.1 Å². The van der Waals surface area contributed by atoms with Crippen LogP contribution in [0.15, 0.2) is 121 Å². The number of carbonyl (C=O) groups excluding carboxylic acids is 4. The van der Waals surface area contributed by atoms with Gasteiger partial charge in [0.05, 0.1) is 5.52 Å². The van der Waals surface area contributed by atoms with Crippen molar-refractivity contribution in [2.45, 2.75) is 42.4 Å². The summed E-state index contributed by atoms with van der Waals surface area (Å²) in [6.07, 6.45) is 1.12. The fourth-order valence-corrected chi connectivity index (χ4v) is 10.1. The summed E-state index contributed by atoms with van der Waals surface area (Å²) in [7, 11) is 5.55. The summed E-state index contributed by atoms with van der Waals surface area (Å²) in [5.74, 6) is -2.23. The molecule has 8 nitrogen and oxygen atoms in total. The topological polar surface area (TPSA) is 88.9 Å². The Morgan fingerprint density at radius 2 is 1.20 bits per heavy atom. The molecule has 0 bridgehead atoms. The molecule has 1 saturated heterocycles. The van der Waals surface area contributed by atoms with E-state index in [1.54, 1.807) is 27.0 Å². The van der Waals surface area contributed by atoms with Crippen LogP contribution in [0, 0.1) is 0 Å². The molecule has 1 unspecified atom stereocenters. The van der Waals surface area contributed by atoms with Crippen LogP contribution in [0.5, 0.6) is 0 Å². The van der Waals surface area contributed by atoms with E-state index in [0.717, 1.165) is 27.0 Å². The molecule has 10 heteroatoms. The molecule has 2 heterocycles. The lowest BCUT2D eigenvalue weighted by Crippen LogP contribution is -2.67. The summed E-state index contributed by atoms with van der Waals surface area (Å²) in [6, 6.07) is 37.5. The molecule has 1 fully saturated rings. The van der Waals surface area contributed by atoms with Gasteiger partial charge in [-0.05, 0) is 49.1 Å². The summed E-state index contributed by atoms with van der Waals surface area (Å²) in [5.41, 5.74) is 3.44. The first kappa shape index (κ1) is 34.1. The van der Waals surface area contributed by atoms with E-state index in [9.17, 15) is 19.2 Å². The summed E-state index contributed by atoms with van der Waals surface area (Å²) >= 11 is 0. The number of likely N-dealkylation sites (N-methyl/N-ethyl adjacent to an activating group) is 2. The summed E-state index contributed by atoms with van der Waals surface area (Å²) in [5, 5.41) is 0.729. The van der Waals surface area contributed by atoms with Crippen molar-refractivity contribution in [2.24, 2.45) is 0 Å². The molecular formula is C39H37N3O5S2. The SMILES string of the molecule is CN1C(=O)C(=O)N(C)C(Cc2cn(C(=O)OC(C)(C)C)c3ccccc23)(SSC(c2ccccc2)(c2ccccc2)c2ccccc2)C1=O. The van der Waals surface area contributed by atoms with Crippen molar-refractivity contribution in [3.05, 3.63) is 144 Å².